The van der Waals surface area contributed by atoms with Crippen molar-refractivity contribution in [3.8, 4) is 5.75 Å². The lowest BCUT2D eigenvalue weighted by molar-refractivity contribution is 0.0746. The molecule has 0 bridgehead atoms. The highest BCUT2D eigenvalue weighted by atomic mass is 19.1. The summed E-state index contributed by atoms with van der Waals surface area (Å²) in [6.07, 6.45) is 0.847. The van der Waals surface area contributed by atoms with E-state index in [0.29, 0.717) is 62.0 Å². The Balaban J connectivity index is 1.20. The number of carbonyl (C=O) groups is 2. The number of aromatic nitrogens is 3. The molecule has 0 N–H and O–H groups in total. The summed E-state index contributed by atoms with van der Waals surface area (Å²) in [5, 5.41) is 7.92. The zero-order valence-electron chi connectivity index (χ0n) is 20.1. The number of amides is 2. The Labute approximate surface area is 207 Å². The van der Waals surface area contributed by atoms with E-state index < -0.39 is 18.0 Å². The molecule has 1 aromatic heterocycles. The van der Waals surface area contributed by atoms with Crippen molar-refractivity contribution in [1.82, 2.24) is 19.9 Å². The highest BCUT2D eigenvalue weighted by molar-refractivity contribution is 5.95. The molecular formula is C25H27FN6O4. The Hall–Kier alpha value is -4.15. The fourth-order valence-electron chi connectivity index (χ4n) is 4.53. The van der Waals surface area contributed by atoms with E-state index in [-0.39, 0.29) is 5.91 Å². The van der Waals surface area contributed by atoms with Crippen molar-refractivity contribution < 1.29 is 23.5 Å². The third-order valence-electron chi connectivity index (χ3n) is 6.39. The summed E-state index contributed by atoms with van der Waals surface area (Å²) in [7, 11) is 1.56. The molecule has 36 heavy (non-hydrogen) atoms. The van der Waals surface area contributed by atoms with Crippen molar-refractivity contribution in [3.05, 3.63) is 65.7 Å². The second-order valence-electron chi connectivity index (χ2n) is 8.85. The van der Waals surface area contributed by atoms with E-state index in [9.17, 15) is 9.59 Å². The van der Waals surface area contributed by atoms with Gasteiger partial charge in [0.15, 0.2) is 0 Å². The normalized spacial score (nSPS) is 17.9. The second kappa shape index (κ2) is 9.84. The molecule has 2 aliphatic rings. The molecule has 11 heteroatoms. The van der Waals surface area contributed by atoms with E-state index in [1.807, 2.05) is 11.8 Å². The molecule has 2 fully saturated rings. The lowest BCUT2D eigenvalue weighted by Crippen LogP contribution is -2.49. The van der Waals surface area contributed by atoms with Gasteiger partial charge in [-0.3, -0.25) is 9.69 Å². The Morgan fingerprint density at radius 3 is 2.67 bits per heavy atom. The molecule has 188 valence electrons. The third-order valence-corrected chi connectivity index (χ3v) is 6.39. The average Bonchev–Trinajstić information content (AvgIpc) is 3.48. The van der Waals surface area contributed by atoms with Gasteiger partial charge in [-0.15, -0.1) is 5.10 Å². The van der Waals surface area contributed by atoms with E-state index in [4.69, 9.17) is 9.47 Å². The largest absolute Gasteiger partial charge is 0.497 e. The zero-order chi connectivity index (χ0) is 25.2. The number of piperazine rings is 1. The smallest absolute Gasteiger partial charge is 0.414 e. The summed E-state index contributed by atoms with van der Waals surface area (Å²) >= 11 is 0. The molecule has 0 saturated carbocycles. The molecule has 2 aliphatic heterocycles. The third kappa shape index (κ3) is 4.81. The van der Waals surface area contributed by atoms with Crippen molar-refractivity contribution in [3.63, 3.8) is 0 Å². The monoisotopic (exact) mass is 494 g/mol. The summed E-state index contributed by atoms with van der Waals surface area (Å²) in [5.74, 6) is 0.124. The maximum atomic E-state index is 15.1. The number of hydrogen-bond donors (Lipinski definition) is 0. The molecule has 1 atom stereocenters. The predicted octanol–water partition coefficient (Wildman–Crippen LogP) is 2.72. The number of anilines is 2. The van der Waals surface area contributed by atoms with Crippen molar-refractivity contribution in [2.24, 2.45) is 0 Å². The molecule has 2 amide bonds. The number of ether oxygens (including phenoxy) is 2. The van der Waals surface area contributed by atoms with E-state index in [1.165, 1.54) is 11.0 Å². The van der Waals surface area contributed by atoms with Gasteiger partial charge in [0.05, 0.1) is 37.3 Å². The number of carbonyl (C=O) groups excluding carboxylic acids is 2. The van der Waals surface area contributed by atoms with E-state index in [1.54, 1.807) is 59.3 Å². The minimum atomic E-state index is -0.520. The van der Waals surface area contributed by atoms with E-state index in [2.05, 4.69) is 10.3 Å². The number of halogens is 1. The molecule has 10 nitrogen and oxygen atoms in total. The fraction of sp³-hybridized carbons (Fsp3) is 0.360. The Morgan fingerprint density at radius 1 is 1.17 bits per heavy atom. The van der Waals surface area contributed by atoms with Crippen LogP contribution in [0.15, 0.2) is 48.7 Å². The van der Waals surface area contributed by atoms with Gasteiger partial charge in [0.1, 0.15) is 17.7 Å². The van der Waals surface area contributed by atoms with Gasteiger partial charge in [0.25, 0.3) is 5.91 Å². The molecule has 2 saturated heterocycles. The van der Waals surface area contributed by atoms with Crippen molar-refractivity contribution in [2.45, 2.75) is 19.6 Å². The first-order valence-electron chi connectivity index (χ1n) is 11.7. The first kappa shape index (κ1) is 23.6. The van der Waals surface area contributed by atoms with Crippen LogP contribution in [0.2, 0.25) is 0 Å². The van der Waals surface area contributed by atoms with Gasteiger partial charge in [0.2, 0.25) is 0 Å². The molecule has 0 unspecified atom stereocenters. The van der Waals surface area contributed by atoms with Crippen LogP contribution in [-0.4, -0.2) is 77.8 Å². The molecule has 3 heterocycles. The van der Waals surface area contributed by atoms with Crippen LogP contribution in [0.5, 0.6) is 5.75 Å². The number of hydrogen-bond acceptors (Lipinski definition) is 7. The van der Waals surface area contributed by atoms with Crippen LogP contribution < -0.4 is 14.5 Å². The Bertz CT molecular complexity index is 1270. The van der Waals surface area contributed by atoms with Crippen LogP contribution in [0.3, 0.4) is 0 Å². The molecule has 0 radical (unpaired) electrons. The highest BCUT2D eigenvalue weighted by Crippen LogP contribution is 2.29. The van der Waals surface area contributed by atoms with Crippen molar-refractivity contribution in [1.29, 1.82) is 0 Å². The number of nitrogens with zero attached hydrogens (tertiary/aromatic N) is 6. The standard InChI is InChI=1S/C25H27FN6O4/c1-17-14-31(28-27-17)15-21-16-32(25(34)36-21)19-6-7-23(22(26)13-19)29-8-10-30(11-9-29)24(33)18-4-3-5-20(12-18)35-2/h3-7,12-14,21H,8-11,15-16H2,1-2H3/t21-/m0/s1. The number of cyclic esters (lactones) is 1. The topological polar surface area (TPSA) is 93.0 Å². The Kier molecular flexibility index (Phi) is 6.45. The molecule has 0 spiro atoms. The van der Waals surface area contributed by atoms with Gasteiger partial charge >= 0.3 is 6.09 Å². The SMILES string of the molecule is COc1cccc(C(=O)N2CCN(c3ccc(N4C[C@H](Cn5cc(C)nn5)OC4=O)cc3F)CC2)c1. The maximum Gasteiger partial charge on any atom is 0.414 e. The average molecular weight is 495 g/mol. The van der Waals surface area contributed by atoms with Gasteiger partial charge in [-0.05, 0) is 43.3 Å². The zero-order valence-corrected chi connectivity index (χ0v) is 20.1. The van der Waals surface area contributed by atoms with Crippen LogP contribution in [-0.2, 0) is 11.3 Å². The molecular weight excluding hydrogens is 467 g/mol. The molecule has 2 aromatic carbocycles. The minimum absolute atomic E-state index is 0.0764. The lowest BCUT2D eigenvalue weighted by atomic mass is 10.1. The summed E-state index contributed by atoms with van der Waals surface area (Å²) < 4.78 is 27.4. The number of aryl methyl sites for hydroxylation is 1. The number of rotatable bonds is 6. The van der Waals surface area contributed by atoms with Crippen LogP contribution in [0.25, 0.3) is 0 Å². The van der Waals surface area contributed by atoms with Crippen molar-refractivity contribution >= 4 is 23.4 Å². The molecule has 5 rings (SSSR count). The molecule has 0 aliphatic carbocycles. The van der Waals surface area contributed by atoms with Crippen LogP contribution >= 0.6 is 0 Å². The minimum Gasteiger partial charge on any atom is -0.497 e. The second-order valence-corrected chi connectivity index (χ2v) is 8.85. The van der Waals surface area contributed by atoms with E-state index in [0.717, 1.165) is 5.69 Å². The van der Waals surface area contributed by atoms with Gasteiger partial charge in [-0.25, -0.2) is 13.9 Å². The van der Waals surface area contributed by atoms with Crippen LogP contribution in [0.1, 0.15) is 16.1 Å². The quantitative estimate of drug-likeness (QED) is 0.520. The summed E-state index contributed by atoms with van der Waals surface area (Å²) in [6, 6.07) is 11.8. The number of benzene rings is 2. The number of methoxy groups -OCH3 is 1. The summed E-state index contributed by atoms with van der Waals surface area (Å²) in [6.45, 7) is 4.44. The Morgan fingerprint density at radius 2 is 1.97 bits per heavy atom. The van der Waals surface area contributed by atoms with Gasteiger partial charge in [-0.2, -0.15) is 0 Å². The lowest BCUT2D eigenvalue weighted by Gasteiger charge is -2.36. The van der Waals surface area contributed by atoms with Gasteiger partial charge < -0.3 is 19.3 Å². The summed E-state index contributed by atoms with van der Waals surface area (Å²) in [5.41, 5.74) is 2.22. The first-order valence-corrected chi connectivity index (χ1v) is 11.7. The van der Waals surface area contributed by atoms with E-state index >= 15 is 4.39 Å². The maximum absolute atomic E-state index is 15.1. The van der Waals surface area contributed by atoms with Crippen LogP contribution in [0, 0.1) is 12.7 Å². The summed E-state index contributed by atoms with van der Waals surface area (Å²) in [4.78, 5) is 30.4. The van der Waals surface area contributed by atoms with Gasteiger partial charge in [0, 0.05) is 37.9 Å². The highest BCUT2D eigenvalue weighted by Gasteiger charge is 2.33. The first-order chi connectivity index (χ1) is 17.4. The fourth-order valence-corrected chi connectivity index (χ4v) is 4.53. The van der Waals surface area contributed by atoms with Gasteiger partial charge in [-0.1, -0.05) is 11.3 Å². The predicted molar refractivity (Wildman–Crippen MR) is 130 cm³/mol. The van der Waals surface area contributed by atoms with Crippen molar-refractivity contribution in [2.75, 3.05) is 49.6 Å². The molecule has 3 aromatic rings. The van der Waals surface area contributed by atoms with Crippen LogP contribution in [0.4, 0.5) is 20.6 Å².